The first-order valence-corrected chi connectivity index (χ1v) is 19.2. The number of carbonyl (C=O) groups excluding carboxylic acids is 4. The number of rotatable bonds is 10. The second kappa shape index (κ2) is 15.7. The van der Waals surface area contributed by atoms with Crippen LogP contribution in [-0.4, -0.2) is 111 Å². The highest BCUT2D eigenvalue weighted by Crippen LogP contribution is 2.35. The number of aliphatic hydroxyl groups is 1. The maximum atomic E-state index is 13.6. The van der Waals surface area contributed by atoms with Gasteiger partial charge in [-0.25, -0.2) is 9.98 Å². The molecule has 2 saturated heterocycles. The van der Waals surface area contributed by atoms with Gasteiger partial charge in [-0.05, 0) is 37.5 Å². The van der Waals surface area contributed by atoms with Crippen LogP contribution in [0.2, 0.25) is 0 Å². The van der Waals surface area contributed by atoms with E-state index < -0.39 is 24.6 Å². The number of amides is 4. The van der Waals surface area contributed by atoms with E-state index >= 15 is 0 Å². The molecule has 1 unspecified atom stereocenters. The first-order valence-electron chi connectivity index (χ1n) is 19.2. The second-order valence-electron chi connectivity index (χ2n) is 15.5. The van der Waals surface area contributed by atoms with Crippen LogP contribution >= 0.6 is 0 Å². The maximum absolute atomic E-state index is 13.6. The fraction of sp³-hybridized carbons (Fsp3) is 0.463. The van der Waals surface area contributed by atoms with Crippen LogP contribution in [0.1, 0.15) is 83.5 Å². The molecular formula is C41H49N9O5. The summed E-state index contributed by atoms with van der Waals surface area (Å²) in [6, 6.07) is 6.35. The molecule has 2 fully saturated rings. The number of nitrogens with zero attached hydrogens (tertiary/aromatic N) is 6. The Morgan fingerprint density at radius 1 is 0.873 bits per heavy atom. The van der Waals surface area contributed by atoms with Gasteiger partial charge < -0.3 is 30.5 Å². The third-order valence-electron chi connectivity index (χ3n) is 11.0. The lowest BCUT2D eigenvalue weighted by atomic mass is 9.98. The number of likely N-dealkylation sites (tertiary alicyclic amines) is 2. The number of aliphatic imine (C=N–C) groups is 4. The molecular weight excluding hydrogens is 699 g/mol. The van der Waals surface area contributed by atoms with Crippen LogP contribution in [0.4, 0.5) is 0 Å². The van der Waals surface area contributed by atoms with Crippen LogP contribution in [0.5, 0.6) is 0 Å². The maximum Gasteiger partial charge on any atom is 0.246 e. The number of hydrogen-bond donors (Lipinski definition) is 4. The fourth-order valence-electron chi connectivity index (χ4n) is 8.17. The second-order valence-corrected chi connectivity index (χ2v) is 15.5. The standard InChI is InChI=1S/C41H49N9O5/c1-22(2)35(46-24(5)52)40(54)49-14-6-8-32(49)30-16-27(17-42-30)38-29-19-43-37(28(29)18-44-38)26-12-10-25(11-13-26)31-20-45-39(47-31)33-9-7-15-50(33)41(55)36(23(3)4)48-34(53)21-51/h10-13,17-20,22-23,32-33,35-36,44,51H,6-9,14-16,21H2,1-5H3,(H,46,52)(H,48,53)/t32?,33-,35-,36-/m0/s1. The molecule has 5 aliphatic rings. The molecule has 0 radical (unpaired) electrons. The molecule has 6 heterocycles. The number of allylic oxidation sites excluding steroid dienone is 1. The van der Waals surface area contributed by atoms with Crippen molar-refractivity contribution in [1.29, 1.82) is 0 Å². The molecule has 14 nitrogen and oxygen atoms in total. The Bertz CT molecular complexity index is 2170. The quantitative estimate of drug-likeness (QED) is 0.288. The van der Waals surface area contributed by atoms with Crippen molar-refractivity contribution in [3.05, 3.63) is 63.9 Å². The minimum absolute atomic E-state index is 0.0253. The number of H-pyrrole nitrogens is 1. The zero-order valence-corrected chi connectivity index (χ0v) is 32.0. The fourth-order valence-corrected chi connectivity index (χ4v) is 8.17. The summed E-state index contributed by atoms with van der Waals surface area (Å²) in [6.45, 7) is 9.60. The lowest BCUT2D eigenvalue weighted by Crippen LogP contribution is -2.54. The van der Waals surface area contributed by atoms with E-state index in [2.05, 4.69) is 20.6 Å². The third-order valence-corrected chi connectivity index (χ3v) is 11.0. The molecule has 55 heavy (non-hydrogen) atoms. The molecule has 14 heteroatoms. The number of aliphatic hydroxyl groups excluding tert-OH is 1. The van der Waals surface area contributed by atoms with Crippen LogP contribution in [0.3, 0.4) is 0 Å². The smallest absolute Gasteiger partial charge is 0.246 e. The molecule has 4 amide bonds. The number of benzene rings is 1. The summed E-state index contributed by atoms with van der Waals surface area (Å²) in [4.78, 5) is 77.0. The Labute approximate surface area is 320 Å². The number of nitrogens with one attached hydrogen (secondary N) is 3. The van der Waals surface area contributed by atoms with Gasteiger partial charge in [0.2, 0.25) is 23.6 Å². The van der Waals surface area contributed by atoms with Gasteiger partial charge in [0.15, 0.2) is 5.84 Å². The molecule has 0 aliphatic carbocycles. The van der Waals surface area contributed by atoms with Gasteiger partial charge in [-0.15, -0.1) is 0 Å². The zero-order chi connectivity index (χ0) is 39.0. The molecule has 5 aliphatic heterocycles. The van der Waals surface area contributed by atoms with E-state index in [1.807, 2.05) is 75.5 Å². The molecule has 0 bridgehead atoms. The average molecular weight is 748 g/mol. The lowest BCUT2D eigenvalue weighted by molar-refractivity contribution is -0.138. The Kier molecular flexibility index (Phi) is 10.8. The van der Waals surface area contributed by atoms with Crippen molar-refractivity contribution in [2.24, 2.45) is 31.8 Å². The van der Waals surface area contributed by atoms with Crippen LogP contribution in [-0.2, 0) is 19.2 Å². The number of carbonyl (C=O) groups is 4. The van der Waals surface area contributed by atoms with Crippen LogP contribution in [0.25, 0.3) is 17.0 Å². The molecule has 288 valence electrons. The van der Waals surface area contributed by atoms with Crippen LogP contribution < -0.4 is 21.1 Å². The number of amidine groups is 1. The predicted octanol–water partition coefficient (Wildman–Crippen LogP) is 1.66. The van der Waals surface area contributed by atoms with E-state index in [9.17, 15) is 24.3 Å². The first kappa shape index (κ1) is 37.8. The van der Waals surface area contributed by atoms with E-state index in [-0.39, 0.29) is 41.6 Å². The van der Waals surface area contributed by atoms with E-state index in [0.717, 1.165) is 69.9 Å². The lowest BCUT2D eigenvalue weighted by Gasteiger charge is -2.31. The van der Waals surface area contributed by atoms with Crippen molar-refractivity contribution in [2.75, 3.05) is 19.7 Å². The Morgan fingerprint density at radius 2 is 1.51 bits per heavy atom. The monoisotopic (exact) mass is 747 g/mol. The van der Waals surface area contributed by atoms with Gasteiger partial charge in [0.05, 0.1) is 35.4 Å². The van der Waals surface area contributed by atoms with Crippen molar-refractivity contribution in [3.8, 4) is 0 Å². The first-order chi connectivity index (χ1) is 26.4. The highest BCUT2D eigenvalue weighted by molar-refractivity contribution is 6.17. The summed E-state index contributed by atoms with van der Waals surface area (Å²) in [5.41, 5.74) is 6.54. The normalized spacial score (nSPS) is 21.3. The van der Waals surface area contributed by atoms with Gasteiger partial charge >= 0.3 is 0 Å². The minimum atomic E-state index is -0.740. The van der Waals surface area contributed by atoms with E-state index in [4.69, 9.17) is 15.0 Å². The van der Waals surface area contributed by atoms with Gasteiger partial charge in [0, 0.05) is 77.9 Å². The predicted molar refractivity (Wildman–Crippen MR) is 212 cm³/mol. The Hall–Kier alpha value is -5.50. The molecule has 0 saturated carbocycles. The van der Waals surface area contributed by atoms with Gasteiger partial charge in [-0.2, -0.15) is 0 Å². The number of aromatic amines is 1. The van der Waals surface area contributed by atoms with Gasteiger partial charge in [-0.1, -0.05) is 52.0 Å². The van der Waals surface area contributed by atoms with Crippen molar-refractivity contribution >= 4 is 64.6 Å². The van der Waals surface area contributed by atoms with Crippen molar-refractivity contribution < 1.29 is 24.3 Å². The van der Waals surface area contributed by atoms with E-state index in [0.29, 0.717) is 31.0 Å². The summed E-state index contributed by atoms with van der Waals surface area (Å²) >= 11 is 0. The van der Waals surface area contributed by atoms with Gasteiger partial charge in [0.25, 0.3) is 0 Å². The van der Waals surface area contributed by atoms with Gasteiger partial charge in [-0.3, -0.25) is 29.2 Å². The summed E-state index contributed by atoms with van der Waals surface area (Å²) in [7, 11) is 0. The van der Waals surface area contributed by atoms with Crippen molar-refractivity contribution in [2.45, 2.75) is 90.9 Å². The molecule has 1 aromatic heterocycles. The molecule has 4 N–H and O–H groups in total. The van der Waals surface area contributed by atoms with Crippen LogP contribution in [0, 0.1) is 11.8 Å². The molecule has 7 rings (SSSR count). The summed E-state index contributed by atoms with van der Waals surface area (Å²) in [5, 5.41) is 16.6. The average Bonchev–Trinajstić information content (AvgIpc) is 4.01. The van der Waals surface area contributed by atoms with Gasteiger partial charge in [0.1, 0.15) is 18.7 Å². The van der Waals surface area contributed by atoms with E-state index in [1.165, 1.54) is 6.92 Å². The number of hydrogen-bond acceptors (Lipinski definition) is 9. The highest BCUT2D eigenvalue weighted by Gasteiger charge is 2.40. The number of fused-ring (bicyclic) bond motifs is 1. The molecule has 4 atom stereocenters. The van der Waals surface area contributed by atoms with Crippen LogP contribution in [0.15, 0.2) is 56.6 Å². The molecule has 2 aromatic rings. The largest absolute Gasteiger partial charge is 0.387 e. The molecule has 0 spiro atoms. The number of aromatic nitrogens is 1. The minimum Gasteiger partial charge on any atom is -0.387 e. The summed E-state index contributed by atoms with van der Waals surface area (Å²) < 4.78 is 0. The van der Waals surface area contributed by atoms with E-state index in [1.54, 1.807) is 11.1 Å². The third kappa shape index (κ3) is 7.47. The highest BCUT2D eigenvalue weighted by atomic mass is 16.3. The Balaban J connectivity index is 1.05. The zero-order valence-electron chi connectivity index (χ0n) is 32.0. The Morgan fingerprint density at radius 3 is 2.16 bits per heavy atom. The van der Waals surface area contributed by atoms with Crippen molar-refractivity contribution in [3.63, 3.8) is 0 Å². The SMILES string of the molecule is CC(=O)N[C@H](C(=O)N1CCCC1C1=NC=C(c2[nH]cc3c2C=NC3=c2ccc(=C3C=NC([C@@H]4CCCN4C(=O)[C@@H](NC(=O)CO)C(C)C)=N3)cc2)C1)C(C)C. The molecule has 1 aromatic carbocycles. The summed E-state index contributed by atoms with van der Waals surface area (Å²) in [6.07, 6.45) is 11.4. The summed E-state index contributed by atoms with van der Waals surface area (Å²) in [5.74, 6) is -0.634. The van der Waals surface area contributed by atoms with Crippen molar-refractivity contribution in [1.82, 2.24) is 25.4 Å². The topological polar surface area (TPSA) is 184 Å².